The molecule has 26 heavy (non-hydrogen) atoms. The van der Waals surface area contributed by atoms with E-state index in [0.717, 1.165) is 28.8 Å². The predicted molar refractivity (Wildman–Crippen MR) is 96.0 cm³/mol. The minimum Gasteiger partial charge on any atom is -0.508 e. The van der Waals surface area contributed by atoms with Crippen LogP contribution in [0.2, 0.25) is 0 Å². The summed E-state index contributed by atoms with van der Waals surface area (Å²) in [5.41, 5.74) is 3.97. The molecule has 8 nitrogen and oxygen atoms in total. The first-order valence-electron chi connectivity index (χ1n) is 7.91. The lowest BCUT2D eigenvalue weighted by Gasteiger charge is -2.09. The van der Waals surface area contributed by atoms with Gasteiger partial charge in [0.1, 0.15) is 11.9 Å². The van der Waals surface area contributed by atoms with Crippen molar-refractivity contribution in [3.63, 3.8) is 0 Å². The fourth-order valence-electron chi connectivity index (χ4n) is 2.72. The number of pyridine rings is 1. The first-order chi connectivity index (χ1) is 12.5. The van der Waals surface area contributed by atoms with Crippen LogP contribution < -0.4 is 0 Å². The van der Waals surface area contributed by atoms with Gasteiger partial charge in [-0.05, 0) is 55.8 Å². The molecule has 1 aromatic carbocycles. The molecule has 0 atom stereocenters. The molecule has 0 bridgehead atoms. The van der Waals surface area contributed by atoms with Gasteiger partial charge in [-0.15, -0.1) is 5.11 Å². The van der Waals surface area contributed by atoms with E-state index in [-0.39, 0.29) is 11.4 Å². The average molecular weight is 351 g/mol. The zero-order chi connectivity index (χ0) is 18.7. The zero-order valence-electron chi connectivity index (χ0n) is 14.3. The van der Waals surface area contributed by atoms with Crippen molar-refractivity contribution in [2.24, 2.45) is 10.2 Å². The van der Waals surface area contributed by atoms with Gasteiger partial charge in [-0.1, -0.05) is 0 Å². The van der Waals surface area contributed by atoms with Gasteiger partial charge in [0, 0.05) is 23.1 Å². The first-order valence-corrected chi connectivity index (χ1v) is 7.91. The Balaban J connectivity index is 1.77. The molecule has 0 unspecified atom stereocenters. The van der Waals surface area contributed by atoms with Crippen LogP contribution >= 0.6 is 0 Å². The summed E-state index contributed by atoms with van der Waals surface area (Å²) in [6.45, 7) is 4.36. The Labute approximate surface area is 149 Å². The van der Waals surface area contributed by atoms with E-state index in [4.69, 9.17) is 0 Å². The lowest BCUT2D eigenvalue weighted by molar-refractivity contribution is -0.385. The molecule has 0 spiro atoms. The number of nitrogens with zero attached hydrogens (tertiary/aromatic N) is 5. The van der Waals surface area contributed by atoms with Crippen molar-refractivity contribution < 1.29 is 10.0 Å². The quantitative estimate of drug-likeness (QED) is 0.418. The lowest BCUT2D eigenvalue weighted by Crippen LogP contribution is -1.99. The van der Waals surface area contributed by atoms with Crippen molar-refractivity contribution in [3.8, 4) is 11.4 Å². The second-order valence-corrected chi connectivity index (χ2v) is 5.78. The first kappa shape index (κ1) is 17.3. The topological polar surface area (TPSA) is 106 Å². The summed E-state index contributed by atoms with van der Waals surface area (Å²) in [4.78, 5) is 14.0. The van der Waals surface area contributed by atoms with E-state index in [0.29, 0.717) is 12.4 Å². The average Bonchev–Trinajstić information content (AvgIpc) is 2.90. The van der Waals surface area contributed by atoms with Crippen molar-refractivity contribution in [2.45, 2.75) is 20.4 Å². The number of aromatic hydroxyl groups is 1. The highest BCUT2D eigenvalue weighted by Crippen LogP contribution is 2.23. The Morgan fingerprint density at radius 3 is 2.54 bits per heavy atom. The zero-order valence-corrected chi connectivity index (χ0v) is 14.3. The molecule has 0 saturated carbocycles. The summed E-state index contributed by atoms with van der Waals surface area (Å²) in [6.07, 6.45) is 1.16. The van der Waals surface area contributed by atoms with Crippen LogP contribution in [-0.4, -0.2) is 19.6 Å². The molecular weight excluding hydrogens is 334 g/mol. The minimum absolute atomic E-state index is 0.0820. The van der Waals surface area contributed by atoms with Gasteiger partial charge < -0.3 is 9.67 Å². The van der Waals surface area contributed by atoms with Gasteiger partial charge in [-0.3, -0.25) is 10.1 Å². The van der Waals surface area contributed by atoms with E-state index < -0.39 is 4.92 Å². The summed E-state index contributed by atoms with van der Waals surface area (Å²) in [6, 6.07) is 11.8. The Kier molecular flexibility index (Phi) is 4.74. The Hall–Kier alpha value is -3.55. The number of hydrogen-bond acceptors (Lipinski definition) is 6. The van der Waals surface area contributed by atoms with Crippen LogP contribution in [0.1, 0.15) is 17.0 Å². The van der Waals surface area contributed by atoms with Crippen LogP contribution in [0.15, 0.2) is 58.9 Å². The molecule has 0 amide bonds. The van der Waals surface area contributed by atoms with Crippen LogP contribution in [0.25, 0.3) is 5.69 Å². The Morgan fingerprint density at radius 1 is 1.19 bits per heavy atom. The molecule has 0 aliphatic rings. The van der Waals surface area contributed by atoms with Crippen LogP contribution in [-0.2, 0) is 6.54 Å². The summed E-state index contributed by atoms with van der Waals surface area (Å²) in [5.74, 6) is 0.545. The second-order valence-electron chi connectivity index (χ2n) is 5.78. The van der Waals surface area contributed by atoms with Crippen molar-refractivity contribution in [3.05, 3.63) is 75.7 Å². The Morgan fingerprint density at radius 2 is 1.92 bits per heavy atom. The van der Waals surface area contributed by atoms with Gasteiger partial charge in [0.25, 0.3) is 5.69 Å². The highest BCUT2D eigenvalue weighted by atomic mass is 16.6. The van der Waals surface area contributed by atoms with E-state index in [2.05, 4.69) is 19.8 Å². The molecule has 0 saturated heterocycles. The monoisotopic (exact) mass is 351 g/mol. The molecule has 132 valence electrons. The molecule has 3 aromatic rings. The van der Waals surface area contributed by atoms with Crippen molar-refractivity contribution in [1.29, 1.82) is 0 Å². The lowest BCUT2D eigenvalue weighted by atomic mass is 10.2. The SMILES string of the molecule is Cc1cc(CN=Nc2ccc([N+](=O)[O-])cn2)c(C)n1-c1ccc(O)cc1. The molecule has 0 fully saturated rings. The number of phenolic OH excluding ortho intramolecular Hbond substituents is 1. The van der Waals surface area contributed by atoms with E-state index >= 15 is 0 Å². The van der Waals surface area contributed by atoms with E-state index in [1.54, 1.807) is 12.1 Å². The van der Waals surface area contributed by atoms with Gasteiger partial charge in [0.05, 0.1) is 11.5 Å². The van der Waals surface area contributed by atoms with Crippen LogP contribution in [0.5, 0.6) is 5.75 Å². The highest BCUT2D eigenvalue weighted by molar-refractivity contribution is 5.43. The molecule has 0 aliphatic heterocycles. The summed E-state index contributed by atoms with van der Waals surface area (Å²) < 4.78 is 2.08. The predicted octanol–water partition coefficient (Wildman–Crippen LogP) is 4.39. The third kappa shape index (κ3) is 3.59. The Bertz CT molecular complexity index is 960. The fourth-order valence-corrected chi connectivity index (χ4v) is 2.72. The normalized spacial score (nSPS) is 11.2. The van der Waals surface area contributed by atoms with Crippen LogP contribution in [0.4, 0.5) is 11.5 Å². The molecule has 2 aromatic heterocycles. The van der Waals surface area contributed by atoms with Crippen molar-refractivity contribution in [1.82, 2.24) is 9.55 Å². The number of aryl methyl sites for hydroxylation is 1. The van der Waals surface area contributed by atoms with Crippen molar-refractivity contribution >= 4 is 11.5 Å². The third-order valence-electron chi connectivity index (χ3n) is 4.00. The number of nitro groups is 1. The van der Waals surface area contributed by atoms with Gasteiger partial charge >= 0.3 is 0 Å². The highest BCUT2D eigenvalue weighted by Gasteiger charge is 2.10. The third-order valence-corrected chi connectivity index (χ3v) is 4.00. The van der Waals surface area contributed by atoms with E-state index in [1.165, 1.54) is 12.1 Å². The smallest absolute Gasteiger partial charge is 0.287 e. The van der Waals surface area contributed by atoms with Gasteiger partial charge in [-0.2, -0.15) is 5.11 Å². The number of azo groups is 1. The molecule has 3 rings (SSSR count). The maximum atomic E-state index is 10.6. The minimum atomic E-state index is -0.508. The maximum Gasteiger partial charge on any atom is 0.287 e. The maximum absolute atomic E-state index is 10.6. The number of benzene rings is 1. The van der Waals surface area contributed by atoms with Gasteiger partial charge in [0.2, 0.25) is 0 Å². The number of aromatic nitrogens is 2. The molecular formula is C18H17N5O3. The molecule has 8 heteroatoms. The number of rotatable bonds is 5. The molecule has 0 aliphatic carbocycles. The summed E-state index contributed by atoms with van der Waals surface area (Å²) in [7, 11) is 0. The second kappa shape index (κ2) is 7.14. The molecule has 2 heterocycles. The van der Waals surface area contributed by atoms with Gasteiger partial charge in [-0.25, -0.2) is 4.98 Å². The fraction of sp³-hybridized carbons (Fsp3) is 0.167. The molecule has 1 N–H and O–H groups in total. The van der Waals surface area contributed by atoms with Crippen LogP contribution in [0, 0.1) is 24.0 Å². The molecule has 0 radical (unpaired) electrons. The number of hydrogen-bond donors (Lipinski definition) is 1. The van der Waals surface area contributed by atoms with Crippen molar-refractivity contribution in [2.75, 3.05) is 0 Å². The summed E-state index contributed by atoms with van der Waals surface area (Å²) in [5, 5.41) is 28.2. The van der Waals surface area contributed by atoms with E-state index in [1.807, 2.05) is 32.0 Å². The largest absolute Gasteiger partial charge is 0.508 e. The standard InChI is InChI=1S/C18H17N5O3/c1-12-9-14(13(2)22(12)15-3-6-17(24)7-4-15)10-20-21-18-8-5-16(11-19-18)23(25)26/h3-9,11,24H,10H2,1-2H3. The number of phenols is 1. The van der Waals surface area contributed by atoms with Crippen LogP contribution in [0.3, 0.4) is 0 Å². The summed E-state index contributed by atoms with van der Waals surface area (Å²) >= 11 is 0. The van der Waals surface area contributed by atoms with E-state index in [9.17, 15) is 15.2 Å². The van der Waals surface area contributed by atoms with Gasteiger partial charge in [0.15, 0.2) is 5.82 Å².